The maximum absolute atomic E-state index is 13.7. The van der Waals surface area contributed by atoms with Crippen LogP contribution in [0.3, 0.4) is 0 Å². The summed E-state index contributed by atoms with van der Waals surface area (Å²) in [5, 5.41) is 3.02. The second-order valence-electron chi connectivity index (χ2n) is 9.96. The van der Waals surface area contributed by atoms with Gasteiger partial charge in [-0.15, -0.1) is 0 Å². The van der Waals surface area contributed by atoms with E-state index in [1.54, 1.807) is 12.1 Å². The number of morpholine rings is 1. The van der Waals surface area contributed by atoms with Crippen LogP contribution in [0.25, 0.3) is 0 Å². The van der Waals surface area contributed by atoms with Gasteiger partial charge in [-0.1, -0.05) is 17.7 Å². The Morgan fingerprint density at radius 2 is 1.56 bits per heavy atom. The van der Waals surface area contributed by atoms with Crippen LogP contribution in [0.2, 0.25) is 0 Å². The maximum Gasteiger partial charge on any atom is 0.415 e. The summed E-state index contributed by atoms with van der Waals surface area (Å²) >= 11 is 0. The van der Waals surface area contributed by atoms with Crippen LogP contribution in [-0.2, 0) is 24.3 Å². The number of rotatable bonds is 7. The zero-order valence-corrected chi connectivity index (χ0v) is 23.0. The van der Waals surface area contributed by atoms with Crippen molar-refractivity contribution in [3.05, 3.63) is 54.1 Å². The molecule has 1 N–H and O–H groups in total. The molecule has 1 atom stereocenters. The van der Waals surface area contributed by atoms with Gasteiger partial charge < -0.3 is 24.4 Å². The van der Waals surface area contributed by atoms with Crippen molar-refractivity contribution in [2.24, 2.45) is 0 Å². The average Bonchev–Trinajstić information content (AvgIpc) is 3.45. The minimum absolute atomic E-state index is 0.0957. The molecule has 2 fully saturated rings. The molecule has 12 heteroatoms. The normalized spacial score (nSPS) is 17.9. The Morgan fingerprint density at radius 3 is 2.13 bits per heavy atom. The Bertz CT molecular complexity index is 1300. The van der Waals surface area contributed by atoms with E-state index in [-0.39, 0.29) is 16.4 Å². The van der Waals surface area contributed by atoms with Gasteiger partial charge in [0.25, 0.3) is 15.9 Å². The Labute approximate surface area is 228 Å². The maximum atomic E-state index is 13.7. The predicted octanol–water partition coefficient (Wildman–Crippen LogP) is 2.48. The first-order valence-corrected chi connectivity index (χ1v) is 14.2. The van der Waals surface area contributed by atoms with Crippen molar-refractivity contribution in [2.45, 2.75) is 50.1 Å². The Morgan fingerprint density at radius 1 is 0.974 bits per heavy atom. The second kappa shape index (κ2) is 11.7. The number of hydrogen-bond acceptors (Lipinski definition) is 9. The highest BCUT2D eigenvalue weighted by Crippen LogP contribution is 2.30. The van der Waals surface area contributed by atoms with Gasteiger partial charge in [-0.2, -0.15) is 0 Å². The standard InChI is InChI=1S/C27H33N3O8S/c1-19-6-12-22(13-7-19)39(34,35)30(24(31)23-5-4-14-28-23)27(2,3)25(32)37-20-8-10-21(11-9-20)38-26(33)29-15-17-36-18-16-29/h6-13,23,28H,4-5,14-18H2,1-3H3/t23-/m0/s1. The molecule has 2 heterocycles. The molecule has 0 saturated carbocycles. The summed E-state index contributed by atoms with van der Waals surface area (Å²) in [6.07, 6.45) is 0.650. The number of nitrogens with one attached hydrogen (secondary N) is 1. The van der Waals surface area contributed by atoms with Crippen LogP contribution in [0.1, 0.15) is 32.3 Å². The van der Waals surface area contributed by atoms with Gasteiger partial charge in [-0.25, -0.2) is 22.3 Å². The van der Waals surface area contributed by atoms with E-state index in [9.17, 15) is 22.8 Å². The lowest BCUT2D eigenvalue weighted by molar-refractivity contribution is -0.149. The summed E-state index contributed by atoms with van der Waals surface area (Å²) in [5.41, 5.74) is -1.03. The van der Waals surface area contributed by atoms with Crippen LogP contribution >= 0.6 is 0 Å². The molecule has 2 saturated heterocycles. The first kappa shape index (κ1) is 28.5. The van der Waals surface area contributed by atoms with E-state index in [0.29, 0.717) is 50.0 Å². The van der Waals surface area contributed by atoms with E-state index < -0.39 is 39.6 Å². The fourth-order valence-corrected chi connectivity index (χ4v) is 6.08. The number of aryl methyl sites for hydroxylation is 1. The van der Waals surface area contributed by atoms with Gasteiger partial charge in [0.1, 0.15) is 11.5 Å². The third kappa shape index (κ3) is 6.40. The number of hydrogen-bond donors (Lipinski definition) is 1. The summed E-state index contributed by atoms with van der Waals surface area (Å²) in [6.45, 7) is 6.81. The van der Waals surface area contributed by atoms with Crippen molar-refractivity contribution in [3.63, 3.8) is 0 Å². The number of esters is 1. The molecule has 4 rings (SSSR count). The predicted molar refractivity (Wildman–Crippen MR) is 141 cm³/mol. The SMILES string of the molecule is Cc1ccc(S(=O)(=O)N(C(=O)[C@@H]2CCCN2)C(C)(C)C(=O)Oc2ccc(OC(=O)N3CCOCC3)cc2)cc1. The van der Waals surface area contributed by atoms with Crippen LogP contribution in [0.4, 0.5) is 4.79 Å². The minimum Gasteiger partial charge on any atom is -0.425 e. The van der Waals surface area contributed by atoms with Crippen LogP contribution in [0.5, 0.6) is 11.5 Å². The van der Waals surface area contributed by atoms with Gasteiger partial charge in [0.15, 0.2) is 5.54 Å². The van der Waals surface area contributed by atoms with E-state index in [2.05, 4.69) is 5.32 Å². The molecule has 11 nitrogen and oxygen atoms in total. The lowest BCUT2D eigenvalue weighted by atomic mass is 10.0. The van der Waals surface area contributed by atoms with Crippen molar-refractivity contribution in [2.75, 3.05) is 32.8 Å². The summed E-state index contributed by atoms with van der Waals surface area (Å²) in [6, 6.07) is 11.1. The Hall–Kier alpha value is -3.48. The van der Waals surface area contributed by atoms with Gasteiger partial charge >= 0.3 is 12.1 Å². The molecule has 0 bridgehead atoms. The molecule has 0 unspecified atom stereocenters. The van der Waals surface area contributed by atoms with Gasteiger partial charge in [0, 0.05) is 13.1 Å². The largest absolute Gasteiger partial charge is 0.425 e. The number of carbonyl (C=O) groups excluding carboxylic acids is 3. The minimum atomic E-state index is -4.41. The van der Waals surface area contributed by atoms with E-state index in [1.165, 1.54) is 55.1 Å². The molecule has 2 amide bonds. The third-order valence-electron chi connectivity index (χ3n) is 6.63. The van der Waals surface area contributed by atoms with Crippen molar-refractivity contribution < 1.29 is 37.0 Å². The monoisotopic (exact) mass is 559 g/mol. The first-order valence-electron chi connectivity index (χ1n) is 12.8. The van der Waals surface area contributed by atoms with E-state index >= 15 is 0 Å². The van der Waals surface area contributed by atoms with E-state index in [0.717, 1.165) is 5.56 Å². The molecular weight excluding hydrogens is 526 g/mol. The van der Waals surface area contributed by atoms with Crippen molar-refractivity contribution >= 4 is 28.0 Å². The molecular formula is C27H33N3O8S. The van der Waals surface area contributed by atoms with Crippen LogP contribution in [-0.4, -0.2) is 80.0 Å². The summed E-state index contributed by atoms with van der Waals surface area (Å²) in [7, 11) is -4.41. The Balaban J connectivity index is 1.53. The topological polar surface area (TPSA) is 132 Å². The first-order chi connectivity index (χ1) is 18.5. The molecule has 2 aliphatic heterocycles. The number of nitrogens with zero attached hydrogens (tertiary/aromatic N) is 2. The molecule has 2 aliphatic rings. The van der Waals surface area contributed by atoms with E-state index in [4.69, 9.17) is 14.2 Å². The molecule has 210 valence electrons. The Kier molecular flexibility index (Phi) is 8.57. The van der Waals surface area contributed by atoms with Crippen LogP contribution < -0.4 is 14.8 Å². The fraction of sp³-hybridized carbons (Fsp3) is 0.444. The highest BCUT2D eigenvalue weighted by molar-refractivity contribution is 7.89. The zero-order chi connectivity index (χ0) is 28.2. The van der Waals surface area contributed by atoms with Crippen LogP contribution in [0, 0.1) is 6.92 Å². The third-order valence-corrected chi connectivity index (χ3v) is 8.62. The second-order valence-corrected chi connectivity index (χ2v) is 11.7. The number of amides is 2. The number of benzene rings is 2. The number of carbonyl (C=O) groups is 3. The fourth-order valence-electron chi connectivity index (χ4n) is 4.35. The molecule has 2 aromatic rings. The highest BCUT2D eigenvalue weighted by atomic mass is 32.2. The zero-order valence-electron chi connectivity index (χ0n) is 22.2. The smallest absolute Gasteiger partial charge is 0.415 e. The van der Waals surface area contributed by atoms with Gasteiger partial charge in [-0.3, -0.25) is 4.79 Å². The van der Waals surface area contributed by atoms with Crippen molar-refractivity contribution in [1.82, 2.24) is 14.5 Å². The molecule has 0 aliphatic carbocycles. The average molecular weight is 560 g/mol. The molecule has 39 heavy (non-hydrogen) atoms. The summed E-state index contributed by atoms with van der Waals surface area (Å²) < 4.78 is 44.2. The van der Waals surface area contributed by atoms with Gasteiger partial charge in [0.2, 0.25) is 0 Å². The lowest BCUT2D eigenvalue weighted by Gasteiger charge is -2.36. The van der Waals surface area contributed by atoms with Crippen LogP contribution in [0.15, 0.2) is 53.4 Å². The van der Waals surface area contributed by atoms with Gasteiger partial charge in [-0.05, 0) is 76.6 Å². The van der Waals surface area contributed by atoms with Crippen molar-refractivity contribution in [3.8, 4) is 11.5 Å². The van der Waals surface area contributed by atoms with E-state index in [1.807, 2.05) is 6.92 Å². The number of ether oxygens (including phenoxy) is 3. The number of sulfonamides is 1. The quantitative estimate of drug-likeness (QED) is 0.401. The molecule has 0 aromatic heterocycles. The van der Waals surface area contributed by atoms with Crippen molar-refractivity contribution in [1.29, 1.82) is 0 Å². The molecule has 2 aromatic carbocycles. The summed E-state index contributed by atoms with van der Waals surface area (Å²) in [5.74, 6) is -1.32. The summed E-state index contributed by atoms with van der Waals surface area (Å²) in [4.78, 5) is 40.6. The molecule has 0 spiro atoms. The lowest BCUT2D eigenvalue weighted by Crippen LogP contribution is -2.60. The molecule has 0 radical (unpaired) electrons. The van der Waals surface area contributed by atoms with Gasteiger partial charge in [0.05, 0.1) is 24.2 Å². The highest BCUT2D eigenvalue weighted by Gasteiger charge is 2.49.